The Morgan fingerprint density at radius 1 is 1.35 bits per heavy atom. The van der Waals surface area contributed by atoms with Crippen LogP contribution in [0.2, 0.25) is 0 Å². The maximum atomic E-state index is 13.3. The Morgan fingerprint density at radius 3 is 2.68 bits per heavy atom. The highest BCUT2D eigenvalue weighted by molar-refractivity contribution is 6.01. The fourth-order valence-electron chi connectivity index (χ4n) is 3.99. The number of carbonyl (C=O) groups is 1. The Hall–Kier alpha value is -3.71. The number of imidazole rings is 1. The van der Waals surface area contributed by atoms with Gasteiger partial charge < -0.3 is 19.5 Å². The lowest BCUT2D eigenvalue weighted by Crippen LogP contribution is -2.53. The van der Waals surface area contributed by atoms with E-state index in [-0.39, 0.29) is 29.7 Å². The summed E-state index contributed by atoms with van der Waals surface area (Å²) >= 11 is 0. The lowest BCUT2D eigenvalue weighted by molar-refractivity contribution is -0.0505. The molecule has 0 spiro atoms. The van der Waals surface area contributed by atoms with Crippen molar-refractivity contribution in [2.45, 2.75) is 38.3 Å². The van der Waals surface area contributed by atoms with Gasteiger partial charge >= 0.3 is 6.61 Å². The molecule has 3 aromatic rings. The zero-order valence-electron chi connectivity index (χ0n) is 19.0. The first kappa shape index (κ1) is 23.4. The van der Waals surface area contributed by atoms with Crippen molar-refractivity contribution in [1.82, 2.24) is 14.3 Å². The molecular formula is C24H24F2N4O4. The van der Waals surface area contributed by atoms with Crippen LogP contribution in [0.15, 0.2) is 36.7 Å². The summed E-state index contributed by atoms with van der Waals surface area (Å²) < 4.78 is 38.5. The second-order valence-corrected chi connectivity index (χ2v) is 8.58. The molecule has 0 radical (unpaired) electrons. The molecule has 1 atom stereocenters. The number of benzene rings is 1. The monoisotopic (exact) mass is 470 g/mol. The third-order valence-corrected chi connectivity index (χ3v) is 6.14. The van der Waals surface area contributed by atoms with Crippen LogP contribution in [0.25, 0.3) is 16.9 Å². The molecule has 1 unspecified atom stereocenters. The molecular weight excluding hydrogens is 446 g/mol. The van der Waals surface area contributed by atoms with Crippen LogP contribution in [0.1, 0.15) is 36.2 Å². The first-order chi connectivity index (χ1) is 16.2. The molecule has 0 aliphatic carbocycles. The number of aliphatic hydroxyl groups excluding tert-OH is 1. The van der Waals surface area contributed by atoms with Crippen LogP contribution >= 0.6 is 0 Å². The van der Waals surface area contributed by atoms with Gasteiger partial charge in [-0.1, -0.05) is 0 Å². The average molecular weight is 470 g/mol. The number of aliphatic hydroxyl groups is 1. The second kappa shape index (κ2) is 8.91. The summed E-state index contributed by atoms with van der Waals surface area (Å²) in [6, 6.07) is 8.38. The van der Waals surface area contributed by atoms with E-state index in [2.05, 4.69) is 11.1 Å². The largest absolute Gasteiger partial charge is 0.496 e. The molecule has 1 aromatic carbocycles. The third-order valence-electron chi connectivity index (χ3n) is 6.14. The van der Waals surface area contributed by atoms with Gasteiger partial charge in [0.25, 0.3) is 5.91 Å². The fraction of sp³-hybridized carbons (Fsp3) is 0.375. The van der Waals surface area contributed by atoms with Crippen LogP contribution in [0.5, 0.6) is 11.5 Å². The lowest BCUT2D eigenvalue weighted by atomic mass is 9.87. The number of likely N-dealkylation sites (tertiary alicyclic amines) is 1. The van der Waals surface area contributed by atoms with Crippen molar-refractivity contribution in [2.24, 2.45) is 0 Å². The molecule has 1 saturated heterocycles. The van der Waals surface area contributed by atoms with E-state index in [0.717, 1.165) is 5.56 Å². The van der Waals surface area contributed by atoms with E-state index in [9.17, 15) is 23.9 Å². The highest BCUT2D eigenvalue weighted by Crippen LogP contribution is 2.38. The minimum atomic E-state index is -3.16. The molecule has 1 amide bonds. The van der Waals surface area contributed by atoms with Crippen molar-refractivity contribution in [2.75, 3.05) is 20.3 Å². The zero-order chi connectivity index (χ0) is 24.6. The molecule has 0 saturated carbocycles. The van der Waals surface area contributed by atoms with E-state index in [1.54, 1.807) is 48.8 Å². The maximum Gasteiger partial charge on any atom is 0.387 e. The molecule has 8 nitrogen and oxygen atoms in total. The summed E-state index contributed by atoms with van der Waals surface area (Å²) in [5.41, 5.74) is 1.53. The lowest BCUT2D eigenvalue weighted by Gasteiger charge is -2.40. The van der Waals surface area contributed by atoms with Gasteiger partial charge in [-0.05, 0) is 50.1 Å². The summed E-state index contributed by atoms with van der Waals surface area (Å²) in [4.78, 5) is 18.9. The number of aromatic nitrogens is 2. The van der Waals surface area contributed by atoms with Crippen molar-refractivity contribution in [3.63, 3.8) is 0 Å². The van der Waals surface area contributed by atoms with Crippen molar-refractivity contribution < 1.29 is 28.2 Å². The van der Waals surface area contributed by atoms with Crippen molar-refractivity contribution in [3.05, 3.63) is 47.8 Å². The van der Waals surface area contributed by atoms with Gasteiger partial charge in [0.2, 0.25) is 0 Å². The van der Waals surface area contributed by atoms with Crippen LogP contribution in [0.3, 0.4) is 0 Å². The van der Waals surface area contributed by atoms with E-state index in [1.807, 2.05) is 0 Å². The Labute approximate surface area is 195 Å². The van der Waals surface area contributed by atoms with Gasteiger partial charge in [0.15, 0.2) is 0 Å². The highest BCUT2D eigenvalue weighted by atomic mass is 19.3. The normalized spacial score (nSPS) is 15.8. The van der Waals surface area contributed by atoms with Gasteiger partial charge in [0.05, 0.1) is 43.1 Å². The molecule has 0 bridgehead atoms. The number of rotatable bonds is 7. The van der Waals surface area contributed by atoms with Crippen molar-refractivity contribution in [1.29, 1.82) is 5.26 Å². The van der Waals surface area contributed by atoms with Crippen molar-refractivity contribution >= 4 is 11.6 Å². The molecule has 1 aliphatic heterocycles. The molecule has 4 rings (SSSR count). The number of nitriles is 1. The molecule has 34 heavy (non-hydrogen) atoms. The Bertz CT molecular complexity index is 1280. The van der Waals surface area contributed by atoms with Gasteiger partial charge in [-0.15, -0.1) is 0 Å². The maximum absolute atomic E-state index is 13.3. The van der Waals surface area contributed by atoms with Gasteiger partial charge in [-0.25, -0.2) is 4.98 Å². The zero-order valence-corrected chi connectivity index (χ0v) is 19.0. The summed E-state index contributed by atoms with van der Waals surface area (Å²) in [7, 11) is 1.34. The average Bonchev–Trinajstić information content (AvgIpc) is 3.21. The first-order valence-electron chi connectivity index (χ1n) is 10.7. The van der Waals surface area contributed by atoms with E-state index >= 15 is 0 Å². The number of amides is 1. The number of carbonyl (C=O) groups excluding carboxylic acids is 1. The van der Waals surface area contributed by atoms with E-state index in [0.29, 0.717) is 29.9 Å². The minimum absolute atomic E-state index is 0.0684. The molecule has 178 valence electrons. The Kier molecular flexibility index (Phi) is 6.15. The van der Waals surface area contributed by atoms with Crippen molar-refractivity contribution in [3.8, 4) is 28.8 Å². The third kappa shape index (κ3) is 4.03. The molecule has 1 fully saturated rings. The quantitative estimate of drug-likeness (QED) is 0.566. The van der Waals surface area contributed by atoms with Gasteiger partial charge in [0, 0.05) is 18.3 Å². The molecule has 3 heterocycles. The van der Waals surface area contributed by atoms with Gasteiger partial charge in [-0.2, -0.15) is 14.0 Å². The number of pyridine rings is 1. The van der Waals surface area contributed by atoms with Gasteiger partial charge in [-0.3, -0.25) is 9.20 Å². The number of nitrogens with zero attached hydrogens (tertiary/aromatic N) is 4. The standard InChI is InChI=1S/C24H24F2N4O4/c1-24(2,13-27)15-4-6-30-17(11-28-20(30)10-15)14-8-18(33-3)21(19(9-14)34-23(25)26)22(32)29-7-5-16(29)12-31/h4,6,8-11,16,23,31H,5,7,12H2,1-3H3. The van der Waals surface area contributed by atoms with Crippen LogP contribution < -0.4 is 9.47 Å². The van der Waals surface area contributed by atoms with Gasteiger partial charge in [0.1, 0.15) is 22.7 Å². The fourth-order valence-corrected chi connectivity index (χ4v) is 3.99. The number of ether oxygens (including phenoxy) is 2. The smallest absolute Gasteiger partial charge is 0.387 e. The molecule has 10 heteroatoms. The number of fused-ring (bicyclic) bond motifs is 1. The molecule has 1 aliphatic rings. The van der Waals surface area contributed by atoms with Crippen LogP contribution in [0, 0.1) is 11.3 Å². The second-order valence-electron chi connectivity index (χ2n) is 8.58. The summed E-state index contributed by atoms with van der Waals surface area (Å²) in [5, 5.41) is 18.9. The number of hydrogen-bond acceptors (Lipinski definition) is 6. The highest BCUT2D eigenvalue weighted by Gasteiger charge is 2.36. The number of halogens is 2. The van der Waals surface area contributed by atoms with Crippen LogP contribution in [-0.2, 0) is 5.41 Å². The van der Waals surface area contributed by atoms with E-state index in [1.165, 1.54) is 18.1 Å². The van der Waals surface area contributed by atoms with E-state index in [4.69, 9.17) is 9.47 Å². The van der Waals surface area contributed by atoms with E-state index < -0.39 is 17.9 Å². The number of methoxy groups -OCH3 is 1. The minimum Gasteiger partial charge on any atom is -0.496 e. The first-order valence-corrected chi connectivity index (χ1v) is 10.7. The SMILES string of the molecule is COc1cc(-c2cnc3cc(C(C)(C)C#N)ccn23)cc(OC(F)F)c1C(=O)N1CCC1CO. The molecule has 2 aromatic heterocycles. The summed E-state index contributed by atoms with van der Waals surface area (Å²) in [6.07, 6.45) is 3.94. The van der Waals surface area contributed by atoms with Crippen LogP contribution in [0.4, 0.5) is 8.78 Å². The summed E-state index contributed by atoms with van der Waals surface area (Å²) in [6.45, 7) is 0.629. The Balaban J connectivity index is 1.82. The Morgan fingerprint density at radius 2 is 2.09 bits per heavy atom. The topological polar surface area (TPSA) is 100 Å². The number of alkyl halides is 2. The number of hydrogen-bond donors (Lipinski definition) is 1. The summed E-state index contributed by atoms with van der Waals surface area (Å²) in [5.74, 6) is -0.806. The van der Waals surface area contributed by atoms with Crippen LogP contribution in [-0.4, -0.2) is 58.2 Å². The predicted octanol–water partition coefficient (Wildman–Crippen LogP) is 3.62. The molecule has 1 N–H and O–H groups in total. The predicted molar refractivity (Wildman–Crippen MR) is 119 cm³/mol.